The van der Waals surface area contributed by atoms with Crippen molar-refractivity contribution >= 4 is 71.5 Å². The number of rotatable bonds is 15. The predicted octanol–water partition coefficient (Wildman–Crippen LogP) is 0.688. The zero-order chi connectivity index (χ0) is 47.3. The molecule has 0 radical (unpaired) electrons. The molecule has 2 saturated heterocycles. The van der Waals surface area contributed by atoms with E-state index in [2.05, 4.69) is 26.1 Å². The number of esters is 2. The number of imide groups is 1. The number of amides is 7. The lowest BCUT2D eigenvalue weighted by Gasteiger charge is -2.56. The standard InChI is InChI=1S/C43H41N9O12S2/c1-4-50-19-20-51(37(59)36(50)58)41(62)45-30(25-15-17-29(18-16-25)63-24(2)54)33(55)46-43(44-23-53)39(61)52-31(28(21-65-40(43)52)22-66-42-48-47-34(56)35(57)49(42)3)38(60)64-32(26-11-7-5-8-12-26)27-13-9-6-10-14-27/h5-18,23,30,32,40H,4,19-22H2,1-3H3,(H,44,53)(H,45,62)(H,46,55)(H,47,56)/t30?,40-,43-/m0/s1. The second-order valence-corrected chi connectivity index (χ2v) is 16.8. The Hall–Kier alpha value is -7.53. The number of urea groups is 1. The van der Waals surface area contributed by atoms with Crippen LogP contribution in [0, 0.1) is 0 Å². The van der Waals surface area contributed by atoms with Crippen molar-refractivity contribution in [3.8, 4) is 5.75 Å². The van der Waals surface area contributed by atoms with E-state index in [-0.39, 0.29) is 59.7 Å². The van der Waals surface area contributed by atoms with Gasteiger partial charge in [-0.1, -0.05) is 84.6 Å². The quantitative estimate of drug-likeness (QED) is 0.0243. The molecule has 0 saturated carbocycles. The maximum Gasteiger partial charge on any atom is 0.356 e. The van der Waals surface area contributed by atoms with E-state index in [1.807, 2.05) is 0 Å². The fourth-order valence-electron chi connectivity index (χ4n) is 7.42. The number of β-lactam (4-membered cyclic amide) rings is 1. The van der Waals surface area contributed by atoms with Crippen LogP contribution in [0.4, 0.5) is 4.79 Å². The Kier molecular flexibility index (Phi) is 13.9. The Morgan fingerprint density at radius 2 is 1.58 bits per heavy atom. The fraction of sp³-hybridized carbons (Fsp3) is 0.279. The van der Waals surface area contributed by atoms with Gasteiger partial charge in [-0.2, -0.15) is 0 Å². The maximum absolute atomic E-state index is 14.8. The van der Waals surface area contributed by atoms with E-state index in [0.29, 0.717) is 21.6 Å². The Bertz CT molecular complexity index is 2710. The predicted molar refractivity (Wildman–Crippen MR) is 235 cm³/mol. The van der Waals surface area contributed by atoms with Crippen molar-refractivity contribution in [3.63, 3.8) is 0 Å². The number of ether oxygens (including phenoxy) is 2. The summed E-state index contributed by atoms with van der Waals surface area (Å²) in [7, 11) is 1.35. The highest BCUT2D eigenvalue weighted by atomic mass is 32.2. The van der Waals surface area contributed by atoms with Gasteiger partial charge in [0.2, 0.25) is 18.0 Å². The first-order valence-corrected chi connectivity index (χ1v) is 22.2. The van der Waals surface area contributed by atoms with Gasteiger partial charge in [0.25, 0.3) is 5.91 Å². The number of H-pyrrole nitrogens is 1. The molecule has 4 heterocycles. The van der Waals surface area contributed by atoms with Gasteiger partial charge in [0, 0.05) is 45.1 Å². The van der Waals surface area contributed by atoms with Crippen LogP contribution in [0.5, 0.6) is 5.75 Å². The molecule has 0 bridgehead atoms. The maximum atomic E-state index is 14.8. The van der Waals surface area contributed by atoms with Crippen molar-refractivity contribution in [1.29, 1.82) is 0 Å². The van der Waals surface area contributed by atoms with Crippen molar-refractivity contribution < 1.29 is 47.8 Å². The number of aromatic nitrogens is 3. The SMILES string of the molecule is CCN1CCN(C(=O)NC(C(=O)N[C@@]2(NC=O)C(=O)N3C(C(=O)OC(c4ccccc4)c4ccccc4)=C(CSc4n[nH]c(=O)c(=O)n4C)CS[C@H]32)c2ccc(OC(C)=O)cc2)C(=O)C1=O. The molecule has 3 atom stereocenters. The number of carbonyl (C=O) groups excluding carboxylic acids is 8. The summed E-state index contributed by atoms with van der Waals surface area (Å²) in [5, 5.41) is 12.5. The lowest BCUT2D eigenvalue weighted by molar-refractivity contribution is -0.164. The molecule has 1 aromatic heterocycles. The summed E-state index contributed by atoms with van der Waals surface area (Å²) < 4.78 is 12.4. The number of benzene rings is 3. The van der Waals surface area contributed by atoms with E-state index in [9.17, 15) is 47.9 Å². The van der Waals surface area contributed by atoms with Crippen LogP contribution in [0.2, 0.25) is 0 Å². The summed E-state index contributed by atoms with van der Waals surface area (Å²) >= 11 is 2.05. The first-order chi connectivity index (χ1) is 31.7. The number of piperazine rings is 1. The van der Waals surface area contributed by atoms with Crippen molar-refractivity contribution in [1.82, 2.24) is 45.4 Å². The van der Waals surface area contributed by atoms with E-state index in [0.717, 1.165) is 33.0 Å². The molecule has 4 aromatic rings. The molecular formula is C43H41N9O12S2. The molecule has 23 heteroatoms. The summed E-state index contributed by atoms with van der Waals surface area (Å²) in [6, 6.07) is 20.3. The molecule has 342 valence electrons. The van der Waals surface area contributed by atoms with Crippen molar-refractivity contribution in [2.24, 2.45) is 7.05 Å². The minimum Gasteiger partial charge on any atom is -0.448 e. The number of hydrogen-bond donors (Lipinski definition) is 4. The number of fused-ring (bicyclic) bond motifs is 1. The largest absolute Gasteiger partial charge is 0.448 e. The number of aromatic amines is 1. The van der Waals surface area contributed by atoms with Crippen molar-refractivity contribution in [2.45, 2.75) is 42.2 Å². The summed E-state index contributed by atoms with van der Waals surface area (Å²) in [6.45, 7) is 2.92. The first-order valence-electron chi connectivity index (χ1n) is 20.2. The summed E-state index contributed by atoms with van der Waals surface area (Å²) in [4.78, 5) is 135. The van der Waals surface area contributed by atoms with Gasteiger partial charge in [-0.25, -0.2) is 14.7 Å². The van der Waals surface area contributed by atoms with Crippen LogP contribution < -0.4 is 31.8 Å². The number of hydrogen-bond acceptors (Lipinski definition) is 15. The van der Waals surface area contributed by atoms with Gasteiger partial charge in [-0.15, -0.1) is 16.9 Å². The van der Waals surface area contributed by atoms with Crippen LogP contribution in [0.15, 0.2) is 111 Å². The minimum absolute atomic E-state index is 0.000329. The first kappa shape index (κ1) is 46.5. The van der Waals surface area contributed by atoms with Crippen LogP contribution in [0.1, 0.15) is 42.7 Å². The Morgan fingerprint density at radius 3 is 2.18 bits per heavy atom. The molecule has 21 nitrogen and oxygen atoms in total. The van der Waals surface area contributed by atoms with Crippen LogP contribution in [-0.2, 0) is 45.3 Å². The second-order valence-electron chi connectivity index (χ2n) is 14.8. The molecule has 3 aromatic carbocycles. The Labute approximate surface area is 383 Å². The van der Waals surface area contributed by atoms with Gasteiger partial charge in [-0.05, 0) is 41.3 Å². The molecule has 1 unspecified atom stereocenters. The molecule has 4 N–H and O–H groups in total. The third kappa shape index (κ3) is 9.19. The van der Waals surface area contributed by atoms with Gasteiger partial charge in [0.05, 0.1) is 0 Å². The van der Waals surface area contributed by atoms with E-state index < -0.39 is 75.9 Å². The number of nitrogens with one attached hydrogen (secondary N) is 4. The number of nitrogens with zero attached hydrogens (tertiary/aromatic N) is 5. The lowest BCUT2D eigenvalue weighted by atomic mass is 9.94. The zero-order valence-electron chi connectivity index (χ0n) is 35.4. The normalized spacial score (nSPS) is 18.5. The molecule has 7 rings (SSSR count). The molecule has 3 aliphatic rings. The monoisotopic (exact) mass is 939 g/mol. The third-order valence-corrected chi connectivity index (χ3v) is 13.2. The highest BCUT2D eigenvalue weighted by molar-refractivity contribution is 8.01. The average Bonchev–Trinajstić information content (AvgIpc) is 3.32. The summed E-state index contributed by atoms with van der Waals surface area (Å²) in [5.74, 6) is -5.63. The van der Waals surface area contributed by atoms with Crippen LogP contribution in [-0.4, -0.2) is 120 Å². The molecule has 66 heavy (non-hydrogen) atoms. The van der Waals surface area contributed by atoms with Gasteiger partial charge in [-0.3, -0.25) is 52.7 Å². The van der Waals surface area contributed by atoms with E-state index in [1.165, 1.54) is 43.1 Å². The van der Waals surface area contributed by atoms with Gasteiger partial charge in [0.1, 0.15) is 22.9 Å². The van der Waals surface area contributed by atoms with Gasteiger partial charge < -0.3 is 30.3 Å². The van der Waals surface area contributed by atoms with Crippen LogP contribution >= 0.6 is 23.5 Å². The molecule has 0 spiro atoms. The molecule has 2 fully saturated rings. The van der Waals surface area contributed by atoms with E-state index in [1.54, 1.807) is 67.6 Å². The van der Waals surface area contributed by atoms with Crippen LogP contribution in [0.3, 0.4) is 0 Å². The molecule has 3 aliphatic heterocycles. The Morgan fingerprint density at radius 1 is 0.924 bits per heavy atom. The number of carbonyl (C=O) groups is 8. The van der Waals surface area contributed by atoms with Gasteiger partial charge >= 0.3 is 40.9 Å². The fourth-order valence-corrected chi connectivity index (χ4v) is 9.90. The molecule has 0 aliphatic carbocycles. The van der Waals surface area contributed by atoms with E-state index >= 15 is 0 Å². The topological polar surface area (TPSA) is 269 Å². The minimum atomic E-state index is -2.24. The van der Waals surface area contributed by atoms with E-state index in [4.69, 9.17) is 9.47 Å². The zero-order valence-corrected chi connectivity index (χ0v) is 37.0. The smallest absolute Gasteiger partial charge is 0.356 e. The van der Waals surface area contributed by atoms with Crippen molar-refractivity contribution in [3.05, 3.63) is 134 Å². The lowest BCUT2D eigenvalue weighted by Crippen LogP contribution is -2.85. The third-order valence-electron chi connectivity index (χ3n) is 10.7. The van der Waals surface area contributed by atoms with Crippen molar-refractivity contribution in [2.75, 3.05) is 31.1 Å². The molecule has 7 amide bonds. The summed E-state index contributed by atoms with van der Waals surface area (Å²) in [5.41, 5.74) is -2.66. The number of thioether (sulfide) groups is 2. The highest BCUT2D eigenvalue weighted by Crippen LogP contribution is 2.47. The summed E-state index contributed by atoms with van der Waals surface area (Å²) in [6.07, 6.45) is -0.778. The Balaban J connectivity index is 1.23. The number of likely N-dealkylation sites (N-methyl/N-ethyl adjacent to an activating group) is 1. The molecular weight excluding hydrogens is 899 g/mol. The highest BCUT2D eigenvalue weighted by Gasteiger charge is 2.66. The second kappa shape index (κ2) is 19.7. The van der Waals surface area contributed by atoms with Crippen LogP contribution in [0.25, 0.3) is 0 Å². The van der Waals surface area contributed by atoms with Gasteiger partial charge in [0.15, 0.2) is 11.3 Å². The average molecular weight is 940 g/mol.